The van der Waals surface area contributed by atoms with Crippen LogP contribution in [-0.4, -0.2) is 20.7 Å². The quantitative estimate of drug-likeness (QED) is 0.471. The highest BCUT2D eigenvalue weighted by atomic mass is 16.5. The minimum atomic E-state index is 0.809. The summed E-state index contributed by atoms with van der Waals surface area (Å²) in [6.45, 7) is 6.40. The van der Waals surface area contributed by atoms with Crippen molar-refractivity contribution in [3.05, 3.63) is 24.0 Å². The lowest BCUT2D eigenvalue weighted by atomic mass is 10.2. The Hall–Kier alpha value is -0.760. The molecule has 0 saturated carbocycles. The molecule has 58 valence electrons. The smallest absolute Gasteiger partial charge is 0.0969 e. The van der Waals surface area contributed by atoms with E-state index in [-0.39, 0.29) is 0 Å². The van der Waals surface area contributed by atoms with Crippen molar-refractivity contribution >= 4 is 0 Å². The maximum Gasteiger partial charge on any atom is 0.0969 e. The molecule has 1 N–H and O–H groups in total. The van der Waals surface area contributed by atoms with Gasteiger partial charge in [0, 0.05) is 12.1 Å². The Morgan fingerprint density at radius 2 is 2.30 bits per heavy atom. The Morgan fingerprint density at radius 1 is 1.70 bits per heavy atom. The first-order valence-corrected chi connectivity index (χ1v) is 3.27. The normalized spacial score (nSPS) is 12.3. The Labute approximate surface area is 62.6 Å². The van der Waals surface area contributed by atoms with Crippen molar-refractivity contribution < 1.29 is 4.74 Å². The number of allylic oxidation sites excluding steroid dienone is 1. The van der Waals surface area contributed by atoms with Crippen molar-refractivity contribution in [2.75, 3.05) is 20.7 Å². The third kappa shape index (κ3) is 2.69. The van der Waals surface area contributed by atoms with Crippen LogP contribution in [0, 0.1) is 0 Å². The molecule has 0 radical (unpaired) electrons. The second-order valence-electron chi connectivity index (χ2n) is 2.02. The van der Waals surface area contributed by atoms with E-state index in [0.717, 1.165) is 17.9 Å². The minimum Gasteiger partial charge on any atom is -0.501 e. The number of hydrogen-bond acceptors (Lipinski definition) is 2. The van der Waals surface area contributed by atoms with E-state index in [0.29, 0.717) is 0 Å². The first-order chi connectivity index (χ1) is 4.76. The van der Waals surface area contributed by atoms with Crippen LogP contribution in [0.1, 0.15) is 6.92 Å². The van der Waals surface area contributed by atoms with Crippen molar-refractivity contribution in [3.8, 4) is 0 Å². The van der Waals surface area contributed by atoms with Crippen LogP contribution in [0.2, 0.25) is 0 Å². The fraction of sp³-hybridized carbons (Fsp3) is 0.500. The molecular formula is C8H15NO. The van der Waals surface area contributed by atoms with Gasteiger partial charge in [-0.15, -0.1) is 0 Å². The summed E-state index contributed by atoms with van der Waals surface area (Å²) in [5.74, 6) is 0.921. The van der Waals surface area contributed by atoms with Gasteiger partial charge in [0.1, 0.15) is 0 Å². The van der Waals surface area contributed by atoms with E-state index < -0.39 is 0 Å². The number of hydrogen-bond donors (Lipinski definition) is 1. The maximum atomic E-state index is 5.02. The van der Waals surface area contributed by atoms with Gasteiger partial charge in [0.05, 0.1) is 12.9 Å². The molecule has 0 heterocycles. The van der Waals surface area contributed by atoms with Crippen LogP contribution in [0.25, 0.3) is 0 Å². The highest BCUT2D eigenvalue weighted by Gasteiger charge is 1.94. The van der Waals surface area contributed by atoms with E-state index in [1.807, 2.05) is 14.0 Å². The molecule has 0 bridgehead atoms. The monoisotopic (exact) mass is 141 g/mol. The van der Waals surface area contributed by atoms with Crippen LogP contribution in [0.4, 0.5) is 0 Å². The van der Waals surface area contributed by atoms with Crippen molar-refractivity contribution in [3.63, 3.8) is 0 Å². The lowest BCUT2D eigenvalue weighted by molar-refractivity contribution is 0.289. The SMILES string of the molecule is C=C/C(CNC)=C(/C)OC. The van der Waals surface area contributed by atoms with Gasteiger partial charge in [0.15, 0.2) is 0 Å². The van der Waals surface area contributed by atoms with Crippen LogP contribution in [-0.2, 0) is 4.74 Å². The van der Waals surface area contributed by atoms with Gasteiger partial charge in [0.25, 0.3) is 0 Å². The second-order valence-corrected chi connectivity index (χ2v) is 2.02. The predicted octanol–water partition coefficient (Wildman–Crippen LogP) is 1.31. The van der Waals surface area contributed by atoms with E-state index in [2.05, 4.69) is 11.9 Å². The van der Waals surface area contributed by atoms with Crippen LogP contribution in [0.15, 0.2) is 24.0 Å². The van der Waals surface area contributed by atoms with Crippen molar-refractivity contribution in [2.45, 2.75) is 6.92 Å². The summed E-state index contributed by atoms with van der Waals surface area (Å²) in [5, 5.41) is 3.02. The molecule has 0 amide bonds. The molecule has 0 aliphatic rings. The van der Waals surface area contributed by atoms with Crippen molar-refractivity contribution in [1.29, 1.82) is 0 Å². The van der Waals surface area contributed by atoms with Gasteiger partial charge in [-0.2, -0.15) is 0 Å². The molecular weight excluding hydrogens is 126 g/mol. The molecule has 10 heavy (non-hydrogen) atoms. The standard InChI is InChI=1S/C8H15NO/c1-5-8(6-9-3)7(2)10-4/h5,9H,1,6H2,2-4H3/b8-7+. The molecule has 0 aromatic heterocycles. The molecule has 0 spiro atoms. The number of likely N-dealkylation sites (N-methyl/N-ethyl adjacent to an activating group) is 1. The molecule has 2 heteroatoms. The van der Waals surface area contributed by atoms with E-state index in [4.69, 9.17) is 4.74 Å². The molecule has 0 atom stereocenters. The van der Waals surface area contributed by atoms with Gasteiger partial charge in [-0.05, 0) is 14.0 Å². The Balaban J connectivity index is 4.14. The van der Waals surface area contributed by atoms with Crippen LogP contribution in [0.5, 0.6) is 0 Å². The summed E-state index contributed by atoms with van der Waals surface area (Å²) in [4.78, 5) is 0. The fourth-order valence-electron chi connectivity index (χ4n) is 0.662. The van der Waals surface area contributed by atoms with Gasteiger partial charge in [-0.25, -0.2) is 0 Å². The summed E-state index contributed by atoms with van der Waals surface area (Å²) in [5.41, 5.74) is 1.10. The van der Waals surface area contributed by atoms with Gasteiger partial charge < -0.3 is 10.1 Å². The molecule has 0 aliphatic carbocycles. The van der Waals surface area contributed by atoms with E-state index in [9.17, 15) is 0 Å². The molecule has 0 aromatic rings. The Kier molecular flexibility index (Phi) is 4.67. The average Bonchev–Trinajstić information content (AvgIpc) is 1.99. The summed E-state index contributed by atoms with van der Waals surface area (Å²) in [6, 6.07) is 0. The van der Waals surface area contributed by atoms with Crippen LogP contribution < -0.4 is 5.32 Å². The average molecular weight is 141 g/mol. The largest absolute Gasteiger partial charge is 0.501 e. The summed E-state index contributed by atoms with van der Waals surface area (Å²) in [7, 11) is 3.56. The summed E-state index contributed by atoms with van der Waals surface area (Å²) >= 11 is 0. The Morgan fingerprint density at radius 3 is 2.60 bits per heavy atom. The molecule has 0 aromatic carbocycles. The first kappa shape index (κ1) is 9.24. The van der Waals surface area contributed by atoms with Gasteiger partial charge >= 0.3 is 0 Å². The molecule has 0 unspecified atom stereocenters. The first-order valence-electron chi connectivity index (χ1n) is 3.27. The topological polar surface area (TPSA) is 21.3 Å². The number of methoxy groups -OCH3 is 1. The molecule has 0 saturated heterocycles. The van der Waals surface area contributed by atoms with E-state index >= 15 is 0 Å². The molecule has 0 rings (SSSR count). The van der Waals surface area contributed by atoms with Crippen molar-refractivity contribution in [1.82, 2.24) is 5.32 Å². The van der Waals surface area contributed by atoms with E-state index in [1.54, 1.807) is 13.2 Å². The van der Waals surface area contributed by atoms with Gasteiger partial charge in [-0.1, -0.05) is 12.7 Å². The molecule has 2 nitrogen and oxygen atoms in total. The highest BCUT2D eigenvalue weighted by Crippen LogP contribution is 2.03. The van der Waals surface area contributed by atoms with Gasteiger partial charge in [-0.3, -0.25) is 0 Å². The van der Waals surface area contributed by atoms with E-state index in [1.165, 1.54) is 0 Å². The zero-order valence-electron chi connectivity index (χ0n) is 6.90. The number of nitrogens with one attached hydrogen (secondary N) is 1. The van der Waals surface area contributed by atoms with Crippen LogP contribution in [0.3, 0.4) is 0 Å². The lowest BCUT2D eigenvalue weighted by Gasteiger charge is -2.05. The summed E-state index contributed by atoms with van der Waals surface area (Å²) < 4.78 is 5.02. The molecule has 0 aliphatic heterocycles. The highest BCUT2D eigenvalue weighted by molar-refractivity contribution is 5.20. The van der Waals surface area contributed by atoms with Crippen molar-refractivity contribution in [2.24, 2.45) is 0 Å². The van der Waals surface area contributed by atoms with Gasteiger partial charge in [0.2, 0.25) is 0 Å². The third-order valence-electron chi connectivity index (χ3n) is 1.37. The number of ether oxygens (including phenoxy) is 1. The lowest BCUT2D eigenvalue weighted by Crippen LogP contribution is -2.10. The zero-order valence-corrected chi connectivity index (χ0v) is 6.90. The Bertz CT molecular complexity index is 138. The fourth-order valence-corrected chi connectivity index (χ4v) is 0.662. The zero-order chi connectivity index (χ0) is 7.98. The number of rotatable bonds is 4. The predicted molar refractivity (Wildman–Crippen MR) is 43.8 cm³/mol. The summed E-state index contributed by atoms with van der Waals surface area (Å²) in [6.07, 6.45) is 1.80. The molecule has 0 fully saturated rings. The minimum absolute atomic E-state index is 0.809. The second kappa shape index (κ2) is 5.06. The van der Waals surface area contributed by atoms with Crippen LogP contribution >= 0.6 is 0 Å². The maximum absolute atomic E-state index is 5.02. The third-order valence-corrected chi connectivity index (χ3v) is 1.37.